The highest BCUT2D eigenvalue weighted by Gasteiger charge is 2.49. The smallest absolute Gasteiger partial charge is 0.309 e. The highest BCUT2D eigenvalue weighted by molar-refractivity contribution is 6.03. The summed E-state index contributed by atoms with van der Waals surface area (Å²) in [6, 6.07) is 5.53. The van der Waals surface area contributed by atoms with Crippen LogP contribution in [-0.4, -0.2) is 25.0 Å². The Labute approximate surface area is 111 Å². The van der Waals surface area contributed by atoms with Gasteiger partial charge in [-0.05, 0) is 37.1 Å². The number of Topliss-reactive ketones (excluding diaryl/α,β-unsaturated/α-hetero) is 1. The van der Waals surface area contributed by atoms with Crippen molar-refractivity contribution < 1.29 is 19.1 Å². The van der Waals surface area contributed by atoms with Gasteiger partial charge in [0.15, 0.2) is 5.78 Å². The number of carbonyl (C=O) groups excluding carboxylic acids is 2. The molecule has 1 aromatic carbocycles. The maximum atomic E-state index is 12.3. The first kappa shape index (κ1) is 12.2. The zero-order valence-electron chi connectivity index (χ0n) is 11.0. The fourth-order valence-electron chi connectivity index (χ4n) is 2.69. The molecule has 1 heterocycles. The van der Waals surface area contributed by atoms with Crippen LogP contribution in [-0.2, 0) is 16.0 Å². The van der Waals surface area contributed by atoms with Crippen LogP contribution >= 0.6 is 0 Å². The van der Waals surface area contributed by atoms with E-state index in [0.717, 1.165) is 17.7 Å². The molecular formula is C15H16O4. The molecule has 19 heavy (non-hydrogen) atoms. The van der Waals surface area contributed by atoms with Gasteiger partial charge >= 0.3 is 5.97 Å². The Morgan fingerprint density at radius 3 is 2.84 bits per heavy atom. The van der Waals surface area contributed by atoms with Crippen LogP contribution in [0.5, 0.6) is 5.75 Å². The summed E-state index contributed by atoms with van der Waals surface area (Å²) in [6.07, 6.45) is 1.61. The molecule has 0 aromatic heterocycles. The fourth-order valence-corrected chi connectivity index (χ4v) is 2.69. The molecule has 3 rings (SSSR count). The molecule has 1 aliphatic carbocycles. The van der Waals surface area contributed by atoms with E-state index in [1.165, 1.54) is 7.11 Å². The molecule has 1 aromatic rings. The SMILES string of the molecule is COC(=O)[C@H]1C[C@@H]1C(=O)c1ccc2c(c1)CC(C)O2. The zero-order valence-corrected chi connectivity index (χ0v) is 11.0. The van der Waals surface area contributed by atoms with Gasteiger partial charge in [-0.15, -0.1) is 0 Å². The number of rotatable bonds is 3. The second-order valence-corrected chi connectivity index (χ2v) is 5.29. The molecule has 2 aliphatic rings. The van der Waals surface area contributed by atoms with E-state index in [2.05, 4.69) is 4.74 Å². The minimum atomic E-state index is -0.281. The largest absolute Gasteiger partial charge is 0.490 e. The molecule has 4 nitrogen and oxygen atoms in total. The molecule has 0 spiro atoms. The van der Waals surface area contributed by atoms with Crippen molar-refractivity contribution in [3.8, 4) is 5.75 Å². The topological polar surface area (TPSA) is 52.6 Å². The van der Waals surface area contributed by atoms with Crippen molar-refractivity contribution in [2.24, 2.45) is 11.8 Å². The zero-order chi connectivity index (χ0) is 13.6. The van der Waals surface area contributed by atoms with Crippen molar-refractivity contribution in [2.75, 3.05) is 7.11 Å². The van der Waals surface area contributed by atoms with Gasteiger partial charge in [0.1, 0.15) is 11.9 Å². The summed E-state index contributed by atoms with van der Waals surface area (Å²) in [5.74, 6) is 0.171. The Morgan fingerprint density at radius 1 is 1.32 bits per heavy atom. The van der Waals surface area contributed by atoms with Gasteiger partial charge in [-0.2, -0.15) is 0 Å². The molecule has 0 saturated heterocycles. The van der Waals surface area contributed by atoms with E-state index in [1.807, 2.05) is 19.1 Å². The number of hydrogen-bond acceptors (Lipinski definition) is 4. The number of ether oxygens (including phenoxy) is 2. The highest BCUT2D eigenvalue weighted by Crippen LogP contribution is 2.42. The number of ketones is 1. The summed E-state index contributed by atoms with van der Waals surface area (Å²) in [4.78, 5) is 23.6. The van der Waals surface area contributed by atoms with Gasteiger partial charge in [0, 0.05) is 17.9 Å². The van der Waals surface area contributed by atoms with Crippen LogP contribution in [0.4, 0.5) is 0 Å². The maximum Gasteiger partial charge on any atom is 0.309 e. The van der Waals surface area contributed by atoms with Gasteiger partial charge in [0.05, 0.1) is 13.0 Å². The Morgan fingerprint density at radius 2 is 2.11 bits per heavy atom. The van der Waals surface area contributed by atoms with E-state index < -0.39 is 0 Å². The first-order chi connectivity index (χ1) is 9.10. The van der Waals surface area contributed by atoms with E-state index in [9.17, 15) is 9.59 Å². The number of methoxy groups -OCH3 is 1. The second kappa shape index (κ2) is 4.37. The van der Waals surface area contributed by atoms with Crippen molar-refractivity contribution >= 4 is 11.8 Å². The highest BCUT2D eigenvalue weighted by atomic mass is 16.5. The quantitative estimate of drug-likeness (QED) is 0.616. The second-order valence-electron chi connectivity index (χ2n) is 5.29. The molecule has 0 radical (unpaired) electrons. The summed E-state index contributed by atoms with van der Waals surface area (Å²) < 4.78 is 10.3. The van der Waals surface area contributed by atoms with Crippen molar-refractivity contribution in [1.29, 1.82) is 0 Å². The Bertz CT molecular complexity index is 549. The molecule has 0 N–H and O–H groups in total. The van der Waals surface area contributed by atoms with Crippen molar-refractivity contribution in [3.05, 3.63) is 29.3 Å². The normalized spacial score (nSPS) is 27.4. The van der Waals surface area contributed by atoms with Crippen molar-refractivity contribution in [3.63, 3.8) is 0 Å². The fraction of sp³-hybridized carbons (Fsp3) is 0.467. The van der Waals surface area contributed by atoms with E-state index in [0.29, 0.717) is 12.0 Å². The molecule has 100 valence electrons. The van der Waals surface area contributed by atoms with Gasteiger partial charge < -0.3 is 9.47 Å². The van der Waals surface area contributed by atoms with Gasteiger partial charge in [0.25, 0.3) is 0 Å². The number of esters is 1. The van der Waals surface area contributed by atoms with E-state index in [-0.39, 0.29) is 29.7 Å². The lowest BCUT2D eigenvalue weighted by Crippen LogP contribution is -2.10. The number of carbonyl (C=O) groups is 2. The van der Waals surface area contributed by atoms with Crippen LogP contribution in [0.3, 0.4) is 0 Å². The molecule has 1 saturated carbocycles. The lowest BCUT2D eigenvalue weighted by Gasteiger charge is -2.04. The average Bonchev–Trinajstić information content (AvgIpc) is 3.11. The molecule has 3 atom stereocenters. The predicted octanol–water partition coefficient (Wildman–Crippen LogP) is 2.00. The van der Waals surface area contributed by atoms with Crippen LogP contribution < -0.4 is 4.74 Å². The van der Waals surface area contributed by atoms with Crippen LogP contribution in [0.25, 0.3) is 0 Å². The van der Waals surface area contributed by atoms with Crippen LogP contribution in [0.15, 0.2) is 18.2 Å². The summed E-state index contributed by atoms with van der Waals surface area (Å²) in [6.45, 7) is 2.01. The Kier molecular flexibility index (Phi) is 2.81. The minimum absolute atomic E-state index is 0.0396. The van der Waals surface area contributed by atoms with Crippen LogP contribution in [0.1, 0.15) is 29.3 Å². The minimum Gasteiger partial charge on any atom is -0.490 e. The van der Waals surface area contributed by atoms with E-state index in [1.54, 1.807) is 6.07 Å². The summed E-state index contributed by atoms with van der Waals surface area (Å²) in [5, 5.41) is 0. The van der Waals surface area contributed by atoms with Gasteiger partial charge in [0.2, 0.25) is 0 Å². The predicted molar refractivity (Wildman–Crippen MR) is 68.2 cm³/mol. The van der Waals surface area contributed by atoms with Gasteiger partial charge in [-0.1, -0.05) is 0 Å². The standard InChI is InChI=1S/C15H16O4/c1-8-5-10-6-9(3-4-13(10)19-8)14(16)11-7-12(11)15(17)18-2/h3-4,6,8,11-12H,5,7H2,1-2H3/t8?,11-,12-/m0/s1. The van der Waals surface area contributed by atoms with E-state index in [4.69, 9.17) is 4.74 Å². The summed E-state index contributed by atoms with van der Waals surface area (Å²) >= 11 is 0. The molecule has 4 heteroatoms. The molecule has 0 bridgehead atoms. The first-order valence-electron chi connectivity index (χ1n) is 6.51. The average molecular weight is 260 g/mol. The molecule has 1 fully saturated rings. The number of hydrogen-bond donors (Lipinski definition) is 0. The molecular weight excluding hydrogens is 244 g/mol. The molecule has 0 amide bonds. The first-order valence-corrected chi connectivity index (χ1v) is 6.51. The van der Waals surface area contributed by atoms with Crippen molar-refractivity contribution in [1.82, 2.24) is 0 Å². The monoisotopic (exact) mass is 260 g/mol. The third-order valence-corrected chi connectivity index (χ3v) is 3.81. The lowest BCUT2D eigenvalue weighted by atomic mass is 10.0. The van der Waals surface area contributed by atoms with Gasteiger partial charge in [-0.25, -0.2) is 0 Å². The summed E-state index contributed by atoms with van der Waals surface area (Å²) in [5.41, 5.74) is 1.75. The summed E-state index contributed by atoms with van der Waals surface area (Å²) in [7, 11) is 1.36. The van der Waals surface area contributed by atoms with Crippen molar-refractivity contribution in [2.45, 2.75) is 25.9 Å². The van der Waals surface area contributed by atoms with Crippen LogP contribution in [0, 0.1) is 11.8 Å². The number of benzene rings is 1. The van der Waals surface area contributed by atoms with Gasteiger partial charge in [-0.3, -0.25) is 9.59 Å². The Hall–Kier alpha value is -1.84. The third-order valence-electron chi connectivity index (χ3n) is 3.81. The molecule has 1 unspecified atom stereocenters. The number of fused-ring (bicyclic) bond motifs is 1. The maximum absolute atomic E-state index is 12.3. The Balaban J connectivity index is 1.76. The lowest BCUT2D eigenvalue weighted by molar-refractivity contribution is -0.142. The van der Waals surface area contributed by atoms with E-state index >= 15 is 0 Å². The molecule has 1 aliphatic heterocycles. The third kappa shape index (κ3) is 2.11. The van der Waals surface area contributed by atoms with Crippen LogP contribution in [0.2, 0.25) is 0 Å².